The quantitative estimate of drug-likeness (QED) is 0.529. The fourth-order valence-corrected chi connectivity index (χ4v) is 2.82. The van der Waals surface area contributed by atoms with Crippen LogP contribution in [-0.4, -0.2) is 30.2 Å². The smallest absolute Gasteiger partial charge is 0.328 e. The maximum atomic E-state index is 11.4. The summed E-state index contributed by atoms with van der Waals surface area (Å²) >= 11 is 0. The monoisotopic (exact) mass is 252 g/mol. The molecule has 2 atom stereocenters. The molecule has 0 fully saturated rings. The molecule has 0 rings (SSSR count). The van der Waals surface area contributed by atoms with Gasteiger partial charge in [0.2, 0.25) is 0 Å². The van der Waals surface area contributed by atoms with Gasteiger partial charge in [-0.25, -0.2) is 0 Å². The standard InChI is InChI=1S/C10H21O5P/c1-4-14-10(11)7-6-9(3)8-16(12,13)15-5-2/h9H,4-8H2,1-3H3,(H,12,13). The number of hydrogen-bond acceptors (Lipinski definition) is 4. The molecule has 0 saturated heterocycles. The van der Waals surface area contributed by atoms with Crippen molar-refractivity contribution in [3.8, 4) is 0 Å². The van der Waals surface area contributed by atoms with Crippen molar-refractivity contribution in [2.24, 2.45) is 5.92 Å². The van der Waals surface area contributed by atoms with Gasteiger partial charge in [0.25, 0.3) is 0 Å². The first-order valence-electron chi connectivity index (χ1n) is 5.53. The Kier molecular flexibility index (Phi) is 7.64. The Morgan fingerprint density at radius 2 is 2.00 bits per heavy atom. The van der Waals surface area contributed by atoms with Crippen LogP contribution in [0.1, 0.15) is 33.6 Å². The number of ether oxygens (including phenoxy) is 1. The minimum absolute atomic E-state index is 0.0354. The largest absolute Gasteiger partial charge is 0.466 e. The van der Waals surface area contributed by atoms with Gasteiger partial charge in [0.15, 0.2) is 0 Å². The number of hydrogen-bond donors (Lipinski definition) is 1. The highest BCUT2D eigenvalue weighted by Gasteiger charge is 2.22. The van der Waals surface area contributed by atoms with Crippen molar-refractivity contribution >= 4 is 13.6 Å². The van der Waals surface area contributed by atoms with Gasteiger partial charge in [-0.15, -0.1) is 0 Å². The van der Waals surface area contributed by atoms with E-state index in [2.05, 4.69) is 0 Å². The minimum atomic E-state index is -3.48. The fourth-order valence-electron chi connectivity index (χ4n) is 1.34. The Bertz CT molecular complexity index is 254. The van der Waals surface area contributed by atoms with Gasteiger partial charge >= 0.3 is 13.6 Å². The van der Waals surface area contributed by atoms with Crippen LogP contribution in [0.3, 0.4) is 0 Å². The first-order valence-corrected chi connectivity index (χ1v) is 7.29. The lowest BCUT2D eigenvalue weighted by molar-refractivity contribution is -0.143. The molecule has 0 aromatic carbocycles. The summed E-state index contributed by atoms with van der Waals surface area (Å²) in [5, 5.41) is 0. The lowest BCUT2D eigenvalue weighted by Crippen LogP contribution is -2.09. The summed E-state index contributed by atoms with van der Waals surface area (Å²) in [4.78, 5) is 20.4. The SMILES string of the molecule is CCOC(=O)CCC(C)CP(=O)(O)OCC. The van der Waals surface area contributed by atoms with E-state index in [0.717, 1.165) is 0 Å². The van der Waals surface area contributed by atoms with Gasteiger partial charge in [0.1, 0.15) is 0 Å². The van der Waals surface area contributed by atoms with Crippen LogP contribution in [0.2, 0.25) is 0 Å². The van der Waals surface area contributed by atoms with E-state index in [9.17, 15) is 14.3 Å². The van der Waals surface area contributed by atoms with Crippen molar-refractivity contribution in [2.75, 3.05) is 19.4 Å². The van der Waals surface area contributed by atoms with Crippen LogP contribution in [0.25, 0.3) is 0 Å². The molecule has 5 nitrogen and oxygen atoms in total. The Labute approximate surface area is 96.7 Å². The van der Waals surface area contributed by atoms with E-state index in [1.165, 1.54) is 0 Å². The molecule has 6 heteroatoms. The van der Waals surface area contributed by atoms with Crippen molar-refractivity contribution in [1.29, 1.82) is 0 Å². The topological polar surface area (TPSA) is 72.8 Å². The molecule has 0 bridgehead atoms. The van der Waals surface area contributed by atoms with Crippen LogP contribution in [0.4, 0.5) is 0 Å². The summed E-state index contributed by atoms with van der Waals surface area (Å²) < 4.78 is 20.9. The molecule has 0 heterocycles. The van der Waals surface area contributed by atoms with Gasteiger partial charge in [-0.3, -0.25) is 9.36 Å². The summed E-state index contributed by atoms with van der Waals surface area (Å²) in [6, 6.07) is 0. The molecule has 0 spiro atoms. The maximum Gasteiger partial charge on any atom is 0.328 e. The second-order valence-electron chi connectivity index (χ2n) is 3.69. The third-order valence-electron chi connectivity index (χ3n) is 2.02. The summed E-state index contributed by atoms with van der Waals surface area (Å²) in [5.74, 6) is -0.301. The maximum absolute atomic E-state index is 11.4. The average Bonchev–Trinajstić information content (AvgIpc) is 2.14. The molecule has 0 amide bonds. The minimum Gasteiger partial charge on any atom is -0.466 e. The Morgan fingerprint density at radius 3 is 2.50 bits per heavy atom. The predicted molar refractivity (Wildman–Crippen MR) is 61.3 cm³/mol. The van der Waals surface area contributed by atoms with Crippen molar-refractivity contribution in [2.45, 2.75) is 33.6 Å². The summed E-state index contributed by atoms with van der Waals surface area (Å²) in [5.41, 5.74) is 0. The molecule has 0 aromatic rings. The second kappa shape index (κ2) is 7.82. The number of rotatable bonds is 8. The zero-order valence-electron chi connectivity index (χ0n) is 10.1. The Hall–Kier alpha value is -0.380. The van der Waals surface area contributed by atoms with E-state index in [4.69, 9.17) is 9.26 Å². The van der Waals surface area contributed by atoms with E-state index in [-0.39, 0.29) is 31.1 Å². The van der Waals surface area contributed by atoms with E-state index < -0.39 is 7.60 Å². The summed E-state index contributed by atoms with van der Waals surface area (Å²) in [7, 11) is -3.48. The molecule has 0 aliphatic heterocycles. The fraction of sp³-hybridized carbons (Fsp3) is 0.900. The van der Waals surface area contributed by atoms with Crippen molar-refractivity contribution in [3.05, 3.63) is 0 Å². The van der Waals surface area contributed by atoms with Crippen molar-refractivity contribution in [3.63, 3.8) is 0 Å². The molecule has 0 aliphatic carbocycles. The summed E-state index contributed by atoms with van der Waals surface area (Å²) in [6.45, 7) is 5.83. The van der Waals surface area contributed by atoms with Crippen LogP contribution in [0, 0.1) is 5.92 Å². The van der Waals surface area contributed by atoms with E-state index in [0.29, 0.717) is 13.0 Å². The molecule has 0 saturated carbocycles. The lowest BCUT2D eigenvalue weighted by Gasteiger charge is -2.15. The first kappa shape index (κ1) is 15.6. The highest BCUT2D eigenvalue weighted by atomic mass is 31.2. The van der Waals surface area contributed by atoms with Crippen LogP contribution in [-0.2, 0) is 18.6 Å². The zero-order valence-corrected chi connectivity index (χ0v) is 11.0. The van der Waals surface area contributed by atoms with Gasteiger partial charge in [-0.1, -0.05) is 6.92 Å². The normalized spacial score (nSPS) is 16.5. The molecular formula is C10H21O5P. The predicted octanol–water partition coefficient (Wildman–Crippen LogP) is 2.19. The van der Waals surface area contributed by atoms with Gasteiger partial charge in [-0.2, -0.15) is 0 Å². The molecule has 2 unspecified atom stereocenters. The molecule has 0 aromatic heterocycles. The van der Waals surface area contributed by atoms with Gasteiger partial charge < -0.3 is 14.2 Å². The van der Waals surface area contributed by atoms with E-state index in [1.807, 2.05) is 6.92 Å². The van der Waals surface area contributed by atoms with Crippen LogP contribution in [0.15, 0.2) is 0 Å². The summed E-state index contributed by atoms with van der Waals surface area (Å²) in [6.07, 6.45) is 0.901. The Morgan fingerprint density at radius 1 is 1.38 bits per heavy atom. The van der Waals surface area contributed by atoms with E-state index >= 15 is 0 Å². The highest BCUT2D eigenvalue weighted by molar-refractivity contribution is 7.52. The molecule has 96 valence electrons. The van der Waals surface area contributed by atoms with Crippen LogP contribution >= 0.6 is 7.60 Å². The van der Waals surface area contributed by atoms with Gasteiger partial charge in [0, 0.05) is 6.42 Å². The molecular weight excluding hydrogens is 231 g/mol. The number of esters is 1. The van der Waals surface area contributed by atoms with Crippen molar-refractivity contribution in [1.82, 2.24) is 0 Å². The average molecular weight is 252 g/mol. The van der Waals surface area contributed by atoms with E-state index in [1.54, 1.807) is 13.8 Å². The molecule has 0 radical (unpaired) electrons. The Balaban J connectivity index is 3.86. The third-order valence-corrected chi connectivity index (χ3v) is 3.77. The van der Waals surface area contributed by atoms with Gasteiger partial charge in [-0.05, 0) is 26.2 Å². The van der Waals surface area contributed by atoms with Crippen molar-refractivity contribution < 1.29 is 23.5 Å². The molecule has 16 heavy (non-hydrogen) atoms. The van der Waals surface area contributed by atoms with Crippen LogP contribution < -0.4 is 0 Å². The molecule has 1 N–H and O–H groups in total. The zero-order chi connectivity index (χ0) is 12.6. The number of carbonyl (C=O) groups excluding carboxylic acids is 1. The third kappa shape index (κ3) is 7.85. The first-order chi connectivity index (χ1) is 7.41. The second-order valence-corrected chi connectivity index (χ2v) is 5.58. The molecule has 0 aliphatic rings. The lowest BCUT2D eigenvalue weighted by atomic mass is 10.1. The van der Waals surface area contributed by atoms with Gasteiger partial charge in [0.05, 0.1) is 19.4 Å². The number of carbonyl (C=O) groups is 1. The van der Waals surface area contributed by atoms with Crippen LogP contribution in [0.5, 0.6) is 0 Å². The highest BCUT2D eigenvalue weighted by Crippen LogP contribution is 2.44.